The van der Waals surface area contributed by atoms with Gasteiger partial charge in [0.2, 0.25) is 22.8 Å². The number of carbonyl (C=O) groups is 1. The van der Waals surface area contributed by atoms with Gasteiger partial charge in [-0.1, -0.05) is 31.2 Å². The highest BCUT2D eigenvalue weighted by Gasteiger charge is 2.54. The minimum atomic E-state index is -0.332. The van der Waals surface area contributed by atoms with Gasteiger partial charge in [0.15, 0.2) is 51.7 Å². The van der Waals surface area contributed by atoms with Crippen LogP contribution in [0.25, 0.3) is 23.3 Å². The van der Waals surface area contributed by atoms with Crippen molar-refractivity contribution >= 4 is 18.1 Å². The zero-order valence-corrected chi connectivity index (χ0v) is 44.4. The van der Waals surface area contributed by atoms with Crippen LogP contribution in [-0.4, -0.2) is 91.3 Å². The number of hydrogen-bond donors (Lipinski definition) is 4. The Labute approximate surface area is 433 Å². The summed E-state index contributed by atoms with van der Waals surface area (Å²) in [6, 6.07) is 19.4. The van der Waals surface area contributed by atoms with Crippen LogP contribution < -0.4 is 53.4 Å². The van der Waals surface area contributed by atoms with Crippen LogP contribution in [0, 0.1) is 17.3 Å². The van der Waals surface area contributed by atoms with Gasteiger partial charge in [-0.2, -0.15) is 0 Å². The number of phenols is 2. The number of ether oxygens (including phenoxy) is 9. The molecule has 5 aromatic rings. The number of fused-ring (bicyclic) bond motifs is 8. The van der Waals surface area contributed by atoms with Gasteiger partial charge in [0, 0.05) is 12.5 Å². The van der Waals surface area contributed by atoms with E-state index < -0.39 is 0 Å². The molecule has 15 nitrogen and oxygen atoms in total. The van der Waals surface area contributed by atoms with E-state index in [2.05, 4.69) is 18.3 Å². The molecular weight excluding hydrogens is 947 g/mol. The van der Waals surface area contributed by atoms with E-state index in [0.29, 0.717) is 82.2 Å². The Balaban J connectivity index is 0.000000164. The fourth-order valence-corrected chi connectivity index (χ4v) is 11.8. The Kier molecular flexibility index (Phi) is 17.5. The summed E-state index contributed by atoms with van der Waals surface area (Å²) in [6.45, 7) is 3.77. The van der Waals surface area contributed by atoms with Crippen molar-refractivity contribution in [1.82, 2.24) is 5.32 Å². The molecule has 396 valence electrons. The molecule has 0 bridgehead atoms. The zero-order chi connectivity index (χ0) is 53.4. The maximum atomic E-state index is 12.6. The number of phenolic OH excluding ortho intramolecular Hbond substituents is 2. The molecule has 2 fully saturated rings. The van der Waals surface area contributed by atoms with Crippen LogP contribution in [0.3, 0.4) is 0 Å². The summed E-state index contributed by atoms with van der Waals surface area (Å²) in [4.78, 5) is 24.5. The number of aromatic hydroxyl groups is 2. The molecule has 4 aliphatic rings. The third-order valence-electron chi connectivity index (χ3n) is 15.4. The molecule has 9 rings (SSSR count). The van der Waals surface area contributed by atoms with Gasteiger partial charge in [0.1, 0.15) is 0 Å². The normalized spacial score (nSPS) is 20.9. The van der Waals surface area contributed by atoms with Crippen molar-refractivity contribution < 1.29 is 62.7 Å². The Bertz CT molecular complexity index is 2890. The van der Waals surface area contributed by atoms with Crippen LogP contribution >= 0.6 is 0 Å². The van der Waals surface area contributed by atoms with Gasteiger partial charge in [-0.05, 0) is 168 Å². The van der Waals surface area contributed by atoms with Gasteiger partial charge < -0.3 is 63.3 Å². The van der Waals surface area contributed by atoms with Crippen LogP contribution in [0.4, 0.5) is 0 Å². The molecule has 0 radical (unpaired) electrons. The molecule has 0 heterocycles. The molecule has 4 aliphatic carbocycles. The van der Waals surface area contributed by atoms with Crippen molar-refractivity contribution in [1.29, 1.82) is 0 Å². The van der Waals surface area contributed by atoms with E-state index in [1.807, 2.05) is 48.6 Å². The molecule has 0 aliphatic heterocycles. The Morgan fingerprint density at radius 3 is 1.78 bits per heavy atom. The number of carbonyl (C=O) groups excluding carboxylic acids is 1. The smallest absolute Gasteiger partial charge is 0.220 e. The second-order valence-electron chi connectivity index (χ2n) is 19.2. The molecule has 0 saturated heterocycles. The second-order valence-corrected chi connectivity index (χ2v) is 19.2. The number of benzene rings is 4. The van der Waals surface area contributed by atoms with Crippen LogP contribution in [0.1, 0.15) is 97.7 Å². The quantitative estimate of drug-likeness (QED) is 0.0864. The first-order chi connectivity index (χ1) is 35.6. The molecule has 4 N–H and O–H groups in total. The van der Waals surface area contributed by atoms with Gasteiger partial charge >= 0.3 is 0 Å². The monoisotopic (exact) mass is 1020 g/mol. The average molecular weight is 1020 g/mol. The lowest BCUT2D eigenvalue weighted by molar-refractivity contribution is -0.119. The lowest BCUT2D eigenvalue weighted by Gasteiger charge is -2.50. The van der Waals surface area contributed by atoms with E-state index in [0.717, 1.165) is 53.5 Å². The molecule has 0 aromatic heterocycles. The number of aliphatic hydroxyl groups is 1. The van der Waals surface area contributed by atoms with E-state index in [1.165, 1.54) is 51.2 Å². The highest BCUT2D eigenvalue weighted by Crippen LogP contribution is 2.61. The molecule has 0 unspecified atom stereocenters. The molecular formula is C59H71NO14. The number of rotatable bonds is 12. The molecule has 15 heteroatoms. The standard InChI is InChI=1S/C22H25NO6.C19H26O3.C18H20O5/c1-12(24)23-16-8-6-13-10-19(27-3)21(28-4)22(29-5)20(13)14-7-9-18(26-2)17(25)11-15(14)16;1-19-8-7-12-13(15(19)5-6-18(19)21)4-3-11-9-16(20)17(22-2)10-14(11)12;1-20-15-8-7-12(9-14(15)19)5-6-13-10-16(21-2)18(23-4)17(11-13)22-3/h7,9-11,16H,6,8H2,1-5H3,(H,23,24);9-10,12-13,15,18,20-21H,3-8H2,1-2H3;5-11,19H,1-4H3/b;;6-5-/t16-;12-,13+,15-,18-,19-;/m00./s1. The minimum absolute atomic E-state index is 0.0968. The summed E-state index contributed by atoms with van der Waals surface area (Å²) >= 11 is 0. The van der Waals surface area contributed by atoms with Crippen molar-refractivity contribution in [3.8, 4) is 74.4 Å². The summed E-state index contributed by atoms with van der Waals surface area (Å²) < 4.78 is 48.3. The van der Waals surface area contributed by atoms with Crippen LogP contribution in [0.2, 0.25) is 0 Å². The van der Waals surface area contributed by atoms with E-state index in [4.69, 9.17) is 42.6 Å². The lowest BCUT2D eigenvalue weighted by atomic mass is 9.55. The van der Waals surface area contributed by atoms with Gasteiger partial charge in [0.05, 0.1) is 76.1 Å². The van der Waals surface area contributed by atoms with Crippen molar-refractivity contribution in [2.45, 2.75) is 83.3 Å². The lowest BCUT2D eigenvalue weighted by Crippen LogP contribution is -2.43. The summed E-state index contributed by atoms with van der Waals surface area (Å²) in [7, 11) is 14.0. The predicted molar refractivity (Wildman–Crippen MR) is 284 cm³/mol. The Morgan fingerprint density at radius 2 is 1.18 bits per heavy atom. The van der Waals surface area contributed by atoms with Gasteiger partial charge in [-0.3, -0.25) is 9.59 Å². The van der Waals surface area contributed by atoms with E-state index >= 15 is 0 Å². The first-order valence-corrected chi connectivity index (χ1v) is 24.9. The van der Waals surface area contributed by atoms with Gasteiger partial charge in [-0.25, -0.2) is 0 Å². The molecule has 5 aromatic carbocycles. The highest BCUT2D eigenvalue weighted by atomic mass is 16.5. The third kappa shape index (κ3) is 11.0. The van der Waals surface area contributed by atoms with E-state index in [-0.39, 0.29) is 46.1 Å². The van der Waals surface area contributed by atoms with Crippen LogP contribution in [-0.2, 0) is 17.6 Å². The van der Waals surface area contributed by atoms with E-state index in [1.54, 1.807) is 68.0 Å². The Hall–Kier alpha value is -7.26. The topological polar surface area (TPSA) is 190 Å². The third-order valence-corrected chi connectivity index (χ3v) is 15.4. The fraction of sp³-hybridized carbons (Fsp3) is 0.424. The SMILES string of the molecule is COc1cc2c(c(OC)c1OC)-c1ccc(OC)c(=O)cc1[C@@H](NC(C)=O)CC2.COc1cc2c(cc1O)CC[C@@H]1[C@@H]2CC[C@]2(C)[C@@H](O)CC[C@@H]12.COc1ccc(/C=C\c2cc(OC)c(OC)c(OC)c2)cc1O. The average Bonchev–Trinajstić information content (AvgIpc) is 3.51. The number of aliphatic hydroxyl groups excluding tert-OH is 1. The van der Waals surface area contributed by atoms with Crippen molar-refractivity contribution in [2.24, 2.45) is 17.3 Å². The largest absolute Gasteiger partial charge is 0.504 e. The van der Waals surface area contributed by atoms with Crippen molar-refractivity contribution in [2.75, 3.05) is 64.0 Å². The maximum Gasteiger partial charge on any atom is 0.220 e. The summed E-state index contributed by atoms with van der Waals surface area (Å²) in [5, 5.41) is 33.2. The molecule has 1 amide bonds. The molecule has 6 atom stereocenters. The number of aryl methyl sites for hydroxylation is 2. The number of amides is 1. The maximum absolute atomic E-state index is 12.6. The van der Waals surface area contributed by atoms with Crippen LogP contribution in [0.15, 0.2) is 71.5 Å². The molecule has 2 saturated carbocycles. The zero-order valence-electron chi connectivity index (χ0n) is 44.4. The number of methoxy groups -OCH3 is 9. The minimum Gasteiger partial charge on any atom is -0.504 e. The summed E-state index contributed by atoms with van der Waals surface area (Å²) in [5.41, 5.74) is 7.54. The number of hydrogen-bond acceptors (Lipinski definition) is 14. The number of nitrogens with one attached hydrogen (secondary N) is 1. The van der Waals surface area contributed by atoms with Crippen LogP contribution in [0.5, 0.6) is 63.2 Å². The summed E-state index contributed by atoms with van der Waals surface area (Å²) in [6.07, 6.45) is 11.6. The van der Waals surface area contributed by atoms with E-state index in [9.17, 15) is 24.9 Å². The van der Waals surface area contributed by atoms with Crippen molar-refractivity contribution in [3.05, 3.63) is 110 Å². The Morgan fingerprint density at radius 1 is 0.581 bits per heavy atom. The van der Waals surface area contributed by atoms with Gasteiger partial charge in [0.25, 0.3) is 0 Å². The molecule has 74 heavy (non-hydrogen) atoms. The summed E-state index contributed by atoms with van der Waals surface area (Å²) in [5.74, 6) is 6.62. The molecule has 0 spiro atoms. The fourth-order valence-electron chi connectivity index (χ4n) is 11.8. The highest BCUT2D eigenvalue weighted by molar-refractivity contribution is 5.83. The first-order valence-electron chi connectivity index (χ1n) is 24.9. The second kappa shape index (κ2) is 23.7. The van der Waals surface area contributed by atoms with Crippen molar-refractivity contribution in [3.63, 3.8) is 0 Å². The van der Waals surface area contributed by atoms with Gasteiger partial charge in [-0.15, -0.1) is 0 Å². The first kappa shape index (κ1) is 54.5. The predicted octanol–water partition coefficient (Wildman–Crippen LogP) is 10.1.